The lowest BCUT2D eigenvalue weighted by Gasteiger charge is -2.23. The Morgan fingerprint density at radius 1 is 1.27 bits per heavy atom. The number of phenolic OH excluding ortho intramolecular Hbond substituents is 1. The zero-order valence-electron chi connectivity index (χ0n) is 14.0. The summed E-state index contributed by atoms with van der Waals surface area (Å²) in [5.41, 5.74) is 2.70. The van der Waals surface area contributed by atoms with E-state index >= 15 is 0 Å². The van der Waals surface area contributed by atoms with Crippen molar-refractivity contribution in [2.75, 3.05) is 7.11 Å². The van der Waals surface area contributed by atoms with Crippen molar-refractivity contribution in [3.63, 3.8) is 0 Å². The summed E-state index contributed by atoms with van der Waals surface area (Å²) >= 11 is 0. The van der Waals surface area contributed by atoms with Gasteiger partial charge in [-0.2, -0.15) is 5.10 Å². The molecule has 1 aromatic heterocycles. The van der Waals surface area contributed by atoms with Crippen molar-refractivity contribution < 1.29 is 9.84 Å². The van der Waals surface area contributed by atoms with E-state index in [1.807, 2.05) is 31.6 Å². The summed E-state index contributed by atoms with van der Waals surface area (Å²) in [4.78, 5) is 0. The maximum absolute atomic E-state index is 10.5. The first kappa shape index (κ1) is 16.4. The third-order valence-electron chi connectivity index (χ3n) is 3.61. The molecule has 5 heteroatoms. The van der Waals surface area contributed by atoms with Gasteiger partial charge in [0.1, 0.15) is 11.5 Å². The molecular formula is C17H25N3O2. The molecule has 0 unspecified atom stereocenters. The standard InChI is InChI=1S/C17H25N3O2/c1-17(2,3)15-7-14(22-5)6-13(16(15)21)10-18-8-12-9-19-20(4)11-12/h6-7,9,11,18,21H,8,10H2,1-5H3. The van der Waals surface area contributed by atoms with E-state index in [0.717, 1.165) is 22.4 Å². The fourth-order valence-electron chi connectivity index (χ4n) is 2.39. The summed E-state index contributed by atoms with van der Waals surface area (Å²) in [6, 6.07) is 3.78. The third kappa shape index (κ3) is 3.80. The van der Waals surface area contributed by atoms with Gasteiger partial charge in [0.05, 0.1) is 13.3 Å². The maximum Gasteiger partial charge on any atom is 0.124 e. The topological polar surface area (TPSA) is 59.3 Å². The predicted octanol–water partition coefficient (Wildman–Crippen LogP) is 2.72. The highest BCUT2D eigenvalue weighted by molar-refractivity contribution is 5.49. The van der Waals surface area contributed by atoms with Crippen LogP contribution in [0.25, 0.3) is 0 Å². The van der Waals surface area contributed by atoms with Crippen molar-refractivity contribution in [3.8, 4) is 11.5 Å². The minimum Gasteiger partial charge on any atom is -0.507 e. The second-order valence-corrected chi connectivity index (χ2v) is 6.56. The van der Waals surface area contributed by atoms with Crippen LogP contribution >= 0.6 is 0 Å². The average molecular weight is 303 g/mol. The Hall–Kier alpha value is -2.01. The van der Waals surface area contributed by atoms with Crippen LogP contribution in [0, 0.1) is 0 Å². The van der Waals surface area contributed by atoms with Gasteiger partial charge in [0, 0.05) is 43.0 Å². The number of aromatic hydroxyl groups is 1. The Balaban J connectivity index is 2.15. The van der Waals surface area contributed by atoms with Crippen LogP contribution in [0.15, 0.2) is 24.5 Å². The molecule has 0 spiro atoms. The van der Waals surface area contributed by atoms with Gasteiger partial charge in [0.15, 0.2) is 0 Å². The molecule has 0 fully saturated rings. The Kier molecular flexibility index (Phi) is 4.76. The lowest BCUT2D eigenvalue weighted by Crippen LogP contribution is -2.16. The van der Waals surface area contributed by atoms with Crippen LogP contribution < -0.4 is 10.1 Å². The molecule has 0 aliphatic carbocycles. The second-order valence-electron chi connectivity index (χ2n) is 6.56. The number of ether oxygens (including phenoxy) is 1. The van der Waals surface area contributed by atoms with Crippen LogP contribution in [0.2, 0.25) is 0 Å². The molecule has 0 saturated carbocycles. The molecule has 1 heterocycles. The zero-order valence-corrected chi connectivity index (χ0v) is 14.0. The third-order valence-corrected chi connectivity index (χ3v) is 3.61. The van der Waals surface area contributed by atoms with E-state index in [2.05, 4.69) is 31.2 Å². The van der Waals surface area contributed by atoms with E-state index in [0.29, 0.717) is 18.8 Å². The van der Waals surface area contributed by atoms with Crippen molar-refractivity contribution in [3.05, 3.63) is 41.2 Å². The summed E-state index contributed by atoms with van der Waals surface area (Å²) < 4.78 is 7.14. The number of rotatable bonds is 5. The first-order valence-electron chi connectivity index (χ1n) is 7.40. The van der Waals surface area contributed by atoms with Crippen LogP contribution in [0.5, 0.6) is 11.5 Å². The van der Waals surface area contributed by atoms with Gasteiger partial charge in [0.25, 0.3) is 0 Å². The normalized spacial score (nSPS) is 11.7. The molecule has 5 nitrogen and oxygen atoms in total. The number of hydrogen-bond donors (Lipinski definition) is 2. The monoisotopic (exact) mass is 303 g/mol. The van der Waals surface area contributed by atoms with E-state index in [9.17, 15) is 5.11 Å². The minimum absolute atomic E-state index is 0.142. The number of hydrogen-bond acceptors (Lipinski definition) is 4. The molecule has 0 radical (unpaired) electrons. The molecule has 0 saturated heterocycles. The zero-order chi connectivity index (χ0) is 16.3. The van der Waals surface area contributed by atoms with Crippen molar-refractivity contribution in [2.24, 2.45) is 7.05 Å². The van der Waals surface area contributed by atoms with Gasteiger partial charge in [-0.05, 0) is 17.5 Å². The number of aryl methyl sites for hydroxylation is 1. The van der Waals surface area contributed by atoms with Crippen LogP contribution in [0.3, 0.4) is 0 Å². The van der Waals surface area contributed by atoms with E-state index in [1.54, 1.807) is 11.8 Å². The fourth-order valence-corrected chi connectivity index (χ4v) is 2.39. The number of aromatic nitrogens is 2. The molecule has 0 amide bonds. The van der Waals surface area contributed by atoms with E-state index in [4.69, 9.17) is 4.74 Å². The van der Waals surface area contributed by atoms with Crippen LogP contribution in [0.4, 0.5) is 0 Å². The van der Waals surface area contributed by atoms with Gasteiger partial charge in [-0.1, -0.05) is 20.8 Å². The number of nitrogens with zero attached hydrogens (tertiary/aromatic N) is 2. The van der Waals surface area contributed by atoms with Gasteiger partial charge >= 0.3 is 0 Å². The van der Waals surface area contributed by atoms with Crippen LogP contribution in [-0.2, 0) is 25.6 Å². The van der Waals surface area contributed by atoms with E-state index in [-0.39, 0.29) is 5.41 Å². The van der Waals surface area contributed by atoms with Crippen LogP contribution in [-0.4, -0.2) is 22.0 Å². The van der Waals surface area contributed by atoms with E-state index < -0.39 is 0 Å². The molecular weight excluding hydrogens is 278 g/mol. The minimum atomic E-state index is -0.142. The second kappa shape index (κ2) is 6.40. The highest BCUT2D eigenvalue weighted by atomic mass is 16.5. The van der Waals surface area contributed by atoms with Crippen molar-refractivity contribution in [1.29, 1.82) is 0 Å². The molecule has 22 heavy (non-hydrogen) atoms. The molecule has 1 aromatic carbocycles. The molecule has 0 atom stereocenters. The highest BCUT2D eigenvalue weighted by Crippen LogP contribution is 2.36. The van der Waals surface area contributed by atoms with Gasteiger partial charge in [-0.25, -0.2) is 0 Å². The van der Waals surface area contributed by atoms with Gasteiger partial charge in [-0.3, -0.25) is 4.68 Å². The molecule has 0 aliphatic rings. The molecule has 120 valence electrons. The largest absolute Gasteiger partial charge is 0.507 e. The Labute approximate surface area is 131 Å². The Bertz CT molecular complexity index is 642. The van der Waals surface area contributed by atoms with Crippen molar-refractivity contribution >= 4 is 0 Å². The summed E-state index contributed by atoms with van der Waals surface area (Å²) in [5, 5.41) is 18.0. The first-order chi connectivity index (χ1) is 10.3. The fraction of sp³-hybridized carbons (Fsp3) is 0.471. The SMILES string of the molecule is COc1cc(CNCc2cnn(C)c2)c(O)c(C(C)(C)C)c1. The predicted molar refractivity (Wildman–Crippen MR) is 87.1 cm³/mol. The lowest BCUT2D eigenvalue weighted by molar-refractivity contribution is 0.402. The molecule has 0 aliphatic heterocycles. The van der Waals surface area contributed by atoms with Crippen LogP contribution in [0.1, 0.15) is 37.5 Å². The quantitative estimate of drug-likeness (QED) is 0.891. The smallest absolute Gasteiger partial charge is 0.124 e. The molecule has 2 N–H and O–H groups in total. The Morgan fingerprint density at radius 2 is 2.00 bits per heavy atom. The number of nitrogens with one attached hydrogen (secondary N) is 1. The lowest BCUT2D eigenvalue weighted by atomic mass is 9.85. The first-order valence-corrected chi connectivity index (χ1v) is 7.40. The van der Waals surface area contributed by atoms with Crippen molar-refractivity contribution in [2.45, 2.75) is 39.3 Å². The molecule has 0 bridgehead atoms. The molecule has 2 aromatic rings. The summed E-state index contributed by atoms with van der Waals surface area (Å²) in [6.07, 6.45) is 3.80. The number of methoxy groups -OCH3 is 1. The average Bonchev–Trinajstić information content (AvgIpc) is 2.85. The van der Waals surface area contributed by atoms with Gasteiger partial charge in [-0.15, -0.1) is 0 Å². The number of benzene rings is 1. The van der Waals surface area contributed by atoms with Crippen molar-refractivity contribution in [1.82, 2.24) is 15.1 Å². The summed E-state index contributed by atoms with van der Waals surface area (Å²) in [5.74, 6) is 1.10. The molecule has 2 rings (SSSR count). The van der Waals surface area contributed by atoms with Gasteiger partial charge in [0.2, 0.25) is 0 Å². The highest BCUT2D eigenvalue weighted by Gasteiger charge is 2.21. The summed E-state index contributed by atoms with van der Waals surface area (Å²) in [7, 11) is 3.54. The number of phenols is 1. The summed E-state index contributed by atoms with van der Waals surface area (Å²) in [6.45, 7) is 7.51. The van der Waals surface area contributed by atoms with Gasteiger partial charge < -0.3 is 15.2 Å². The maximum atomic E-state index is 10.5. The Morgan fingerprint density at radius 3 is 2.55 bits per heavy atom. The van der Waals surface area contributed by atoms with E-state index in [1.165, 1.54) is 0 Å².